The van der Waals surface area contributed by atoms with Gasteiger partial charge in [0, 0.05) is 6.20 Å². The summed E-state index contributed by atoms with van der Waals surface area (Å²) in [5.74, 6) is 0.392. The van der Waals surface area contributed by atoms with E-state index in [2.05, 4.69) is 15.3 Å². The van der Waals surface area contributed by atoms with Crippen LogP contribution in [0.4, 0.5) is 18.3 Å². The van der Waals surface area contributed by atoms with Crippen molar-refractivity contribution in [2.24, 2.45) is 0 Å². The molecule has 1 amide bonds. The Morgan fingerprint density at radius 3 is 2.77 bits per heavy atom. The minimum absolute atomic E-state index is 0.0115. The monoisotopic (exact) mass is 399 g/mol. The van der Waals surface area contributed by atoms with Crippen LogP contribution in [-0.4, -0.2) is 28.7 Å². The number of pyridine rings is 1. The number of nitrogens with one attached hydrogen (secondary N) is 1. The molecule has 0 aliphatic carbocycles. The number of carbonyl (C=O) groups is 1. The summed E-state index contributed by atoms with van der Waals surface area (Å²) in [5.41, 5.74) is -0.0839. The molecule has 136 valence electrons. The van der Waals surface area contributed by atoms with Crippen LogP contribution in [0.2, 0.25) is 0 Å². The van der Waals surface area contributed by atoms with Crippen molar-refractivity contribution < 1.29 is 22.7 Å². The van der Waals surface area contributed by atoms with E-state index in [4.69, 9.17) is 4.74 Å². The fourth-order valence-corrected chi connectivity index (χ4v) is 3.57. The van der Waals surface area contributed by atoms with Crippen molar-refractivity contribution in [3.63, 3.8) is 0 Å². The van der Waals surface area contributed by atoms with Crippen molar-refractivity contribution in [3.8, 4) is 5.75 Å². The molecule has 26 heavy (non-hydrogen) atoms. The normalized spacial score (nSPS) is 11.5. The second kappa shape index (κ2) is 7.50. The zero-order valence-corrected chi connectivity index (χ0v) is 15.0. The largest absolute Gasteiger partial charge is 0.497 e. The van der Waals surface area contributed by atoms with Crippen molar-refractivity contribution in [1.29, 1.82) is 0 Å². The molecule has 0 saturated carbocycles. The molecule has 0 saturated heterocycles. The number of amides is 1. The first-order chi connectivity index (χ1) is 12.3. The summed E-state index contributed by atoms with van der Waals surface area (Å²) in [6.07, 6.45) is -3.68. The van der Waals surface area contributed by atoms with Gasteiger partial charge in [-0.3, -0.25) is 4.79 Å². The summed E-state index contributed by atoms with van der Waals surface area (Å²) in [4.78, 5) is 20.0. The first-order valence-corrected chi connectivity index (χ1v) is 9.06. The smallest absolute Gasteiger partial charge is 0.417 e. The Labute approximate surface area is 154 Å². The third-order valence-electron chi connectivity index (χ3n) is 3.26. The molecule has 0 bridgehead atoms. The first kappa shape index (κ1) is 18.5. The number of nitrogens with zero attached hydrogens (tertiary/aromatic N) is 2. The van der Waals surface area contributed by atoms with Gasteiger partial charge in [-0.15, -0.1) is 0 Å². The van der Waals surface area contributed by atoms with Crippen molar-refractivity contribution >= 4 is 44.4 Å². The van der Waals surface area contributed by atoms with Gasteiger partial charge in [-0.2, -0.15) is 13.2 Å². The van der Waals surface area contributed by atoms with Gasteiger partial charge < -0.3 is 10.1 Å². The number of thiazole rings is 1. The minimum Gasteiger partial charge on any atom is -0.497 e. The fraction of sp³-hybridized carbons (Fsp3) is 0.188. The molecule has 0 radical (unpaired) electrons. The molecule has 3 aromatic rings. The number of hydrogen-bond donors (Lipinski definition) is 1. The predicted octanol–water partition coefficient (Wildman–Crippen LogP) is 4.45. The average molecular weight is 399 g/mol. The summed E-state index contributed by atoms with van der Waals surface area (Å²) >= 11 is 2.35. The molecule has 0 aliphatic rings. The summed E-state index contributed by atoms with van der Waals surface area (Å²) in [5, 5.41) is 3.45. The topological polar surface area (TPSA) is 64.1 Å². The van der Waals surface area contributed by atoms with Crippen LogP contribution in [0.15, 0.2) is 41.6 Å². The SMILES string of the molecule is COc1ccc2nc(NC(=O)CSc3ccc(C(F)(F)F)cn3)sc2c1. The third kappa shape index (κ3) is 4.44. The van der Waals surface area contributed by atoms with E-state index in [1.54, 1.807) is 19.2 Å². The summed E-state index contributed by atoms with van der Waals surface area (Å²) in [6, 6.07) is 7.57. The van der Waals surface area contributed by atoms with Crippen LogP contribution in [0.5, 0.6) is 5.75 Å². The minimum atomic E-state index is -4.43. The highest BCUT2D eigenvalue weighted by atomic mass is 32.2. The zero-order chi connectivity index (χ0) is 18.7. The number of anilines is 1. The number of methoxy groups -OCH3 is 1. The van der Waals surface area contributed by atoms with E-state index < -0.39 is 11.7 Å². The molecule has 0 fully saturated rings. The van der Waals surface area contributed by atoms with Crippen LogP contribution in [0, 0.1) is 0 Å². The van der Waals surface area contributed by atoms with E-state index in [-0.39, 0.29) is 11.7 Å². The van der Waals surface area contributed by atoms with Gasteiger partial charge >= 0.3 is 6.18 Å². The molecule has 0 unspecified atom stereocenters. The van der Waals surface area contributed by atoms with Crippen LogP contribution in [0.1, 0.15) is 5.56 Å². The molecule has 0 spiro atoms. The predicted molar refractivity (Wildman–Crippen MR) is 94.8 cm³/mol. The number of carbonyl (C=O) groups excluding carboxylic acids is 1. The number of aromatic nitrogens is 2. The van der Waals surface area contributed by atoms with Crippen LogP contribution < -0.4 is 10.1 Å². The van der Waals surface area contributed by atoms with E-state index in [0.29, 0.717) is 15.9 Å². The number of benzene rings is 1. The van der Waals surface area contributed by atoms with Crippen molar-refractivity contribution in [2.75, 3.05) is 18.2 Å². The molecule has 0 atom stereocenters. The van der Waals surface area contributed by atoms with Gasteiger partial charge in [0.15, 0.2) is 5.13 Å². The maximum Gasteiger partial charge on any atom is 0.417 e. The van der Waals surface area contributed by atoms with Crippen molar-refractivity contribution in [1.82, 2.24) is 9.97 Å². The van der Waals surface area contributed by atoms with Crippen molar-refractivity contribution in [3.05, 3.63) is 42.1 Å². The molecule has 1 N–H and O–H groups in total. The number of thioether (sulfide) groups is 1. The molecule has 1 aromatic carbocycles. The van der Waals surface area contributed by atoms with Crippen LogP contribution in [-0.2, 0) is 11.0 Å². The number of hydrogen-bond acceptors (Lipinski definition) is 6. The fourth-order valence-electron chi connectivity index (χ4n) is 2.01. The Bertz CT molecular complexity index is 927. The third-order valence-corrected chi connectivity index (χ3v) is 5.13. The van der Waals surface area contributed by atoms with Gasteiger partial charge in [-0.1, -0.05) is 23.1 Å². The lowest BCUT2D eigenvalue weighted by Gasteiger charge is -2.06. The highest BCUT2D eigenvalue weighted by Gasteiger charge is 2.30. The molecular weight excluding hydrogens is 387 g/mol. The number of ether oxygens (including phenoxy) is 1. The zero-order valence-electron chi connectivity index (χ0n) is 13.3. The number of halogens is 3. The van der Waals surface area contributed by atoms with Gasteiger partial charge in [0.05, 0.1) is 33.7 Å². The molecule has 10 heteroatoms. The second-order valence-corrected chi connectivity index (χ2v) is 7.10. The number of alkyl halides is 3. The van der Waals surface area contributed by atoms with E-state index in [0.717, 1.165) is 34.2 Å². The van der Waals surface area contributed by atoms with E-state index >= 15 is 0 Å². The van der Waals surface area contributed by atoms with Gasteiger partial charge in [0.1, 0.15) is 5.75 Å². The Morgan fingerprint density at radius 1 is 1.31 bits per heavy atom. The van der Waals surface area contributed by atoms with E-state index in [1.807, 2.05) is 6.07 Å². The Balaban J connectivity index is 1.59. The molecule has 0 aliphatic heterocycles. The summed E-state index contributed by atoms with van der Waals surface area (Å²) < 4.78 is 43.5. The average Bonchev–Trinajstić information content (AvgIpc) is 3.00. The van der Waals surface area contributed by atoms with E-state index in [1.165, 1.54) is 17.4 Å². The lowest BCUT2D eigenvalue weighted by atomic mass is 10.3. The Hall–Kier alpha value is -2.33. The van der Waals surface area contributed by atoms with Crippen molar-refractivity contribution in [2.45, 2.75) is 11.2 Å². The van der Waals surface area contributed by atoms with E-state index in [9.17, 15) is 18.0 Å². The maximum atomic E-state index is 12.5. The lowest BCUT2D eigenvalue weighted by Crippen LogP contribution is -2.14. The first-order valence-electron chi connectivity index (χ1n) is 7.25. The Morgan fingerprint density at radius 2 is 2.12 bits per heavy atom. The van der Waals surface area contributed by atoms with Crippen LogP contribution in [0.25, 0.3) is 10.2 Å². The summed E-state index contributed by atoms with van der Waals surface area (Å²) in [7, 11) is 1.57. The maximum absolute atomic E-state index is 12.5. The quantitative estimate of drug-likeness (QED) is 0.642. The Kier molecular flexibility index (Phi) is 5.33. The molecule has 2 heterocycles. The van der Waals surface area contributed by atoms with Crippen LogP contribution in [0.3, 0.4) is 0 Å². The molecule has 5 nitrogen and oxygen atoms in total. The highest BCUT2D eigenvalue weighted by molar-refractivity contribution is 7.99. The molecular formula is C16H12F3N3O2S2. The van der Waals surface area contributed by atoms with Gasteiger partial charge in [0.2, 0.25) is 5.91 Å². The summed E-state index contributed by atoms with van der Waals surface area (Å²) in [6.45, 7) is 0. The highest BCUT2D eigenvalue weighted by Crippen LogP contribution is 2.30. The number of rotatable bonds is 5. The second-order valence-electron chi connectivity index (χ2n) is 5.07. The van der Waals surface area contributed by atoms with Gasteiger partial charge in [-0.05, 0) is 30.3 Å². The molecule has 3 rings (SSSR count). The van der Waals surface area contributed by atoms with Gasteiger partial charge in [-0.25, -0.2) is 9.97 Å². The molecule has 2 aromatic heterocycles. The van der Waals surface area contributed by atoms with Gasteiger partial charge in [0.25, 0.3) is 0 Å². The lowest BCUT2D eigenvalue weighted by molar-refractivity contribution is -0.137. The van der Waals surface area contributed by atoms with Crippen LogP contribution >= 0.6 is 23.1 Å². The standard InChI is InChI=1S/C16H12F3N3O2S2/c1-24-10-3-4-11-12(6-10)26-15(21-11)22-13(23)8-25-14-5-2-9(7-20-14)16(17,18)19/h2-7H,8H2,1H3,(H,21,22,23). The number of fused-ring (bicyclic) bond motifs is 1.